The van der Waals surface area contributed by atoms with Crippen LogP contribution in [0.1, 0.15) is 12.8 Å². The van der Waals surface area contributed by atoms with E-state index in [9.17, 15) is 0 Å². The van der Waals surface area contributed by atoms with Gasteiger partial charge in [0, 0.05) is 18.6 Å². The Balaban J connectivity index is 2.38. The van der Waals surface area contributed by atoms with Gasteiger partial charge in [0.15, 0.2) is 0 Å². The fourth-order valence-corrected chi connectivity index (χ4v) is 1.34. The molecule has 1 aliphatic rings. The van der Waals surface area contributed by atoms with Crippen molar-refractivity contribution in [3.8, 4) is 0 Å². The fourth-order valence-electron chi connectivity index (χ4n) is 1.34. The van der Waals surface area contributed by atoms with Crippen molar-refractivity contribution in [3.05, 3.63) is 0 Å². The van der Waals surface area contributed by atoms with Crippen molar-refractivity contribution in [2.24, 2.45) is 11.7 Å². The van der Waals surface area contributed by atoms with Gasteiger partial charge in [-0.3, -0.25) is 0 Å². The molecule has 0 spiro atoms. The number of nitrogens with two attached hydrogens (primary N) is 1. The Hall–Kier alpha value is -0.120. The number of hydrogen-bond donors (Lipinski definition) is 3. The van der Waals surface area contributed by atoms with E-state index < -0.39 is 0 Å². The summed E-state index contributed by atoms with van der Waals surface area (Å²) in [5.74, 6) is 0.0278. The summed E-state index contributed by atoms with van der Waals surface area (Å²) in [5.41, 5.74) is 5.52. The van der Waals surface area contributed by atoms with Gasteiger partial charge in [-0.2, -0.15) is 0 Å². The van der Waals surface area contributed by atoms with Gasteiger partial charge in [-0.25, -0.2) is 0 Å². The highest BCUT2D eigenvalue weighted by atomic mass is 16.3. The van der Waals surface area contributed by atoms with Crippen molar-refractivity contribution < 1.29 is 10.2 Å². The molecule has 3 nitrogen and oxygen atoms in total. The molecule has 0 saturated heterocycles. The lowest BCUT2D eigenvalue weighted by Gasteiger charge is -2.08. The second-order valence-corrected chi connectivity index (χ2v) is 2.74. The average Bonchev–Trinajstić information content (AvgIpc) is 2.10. The second-order valence-electron chi connectivity index (χ2n) is 2.74. The molecule has 1 aliphatic carbocycles. The van der Waals surface area contributed by atoms with Crippen molar-refractivity contribution in [2.45, 2.75) is 25.0 Å². The molecule has 0 aromatic carbocycles. The van der Waals surface area contributed by atoms with Crippen LogP contribution in [0, 0.1) is 5.92 Å². The highest BCUT2D eigenvalue weighted by Crippen LogP contribution is 2.23. The first kappa shape index (κ1) is 6.99. The highest BCUT2D eigenvalue weighted by molar-refractivity contribution is 4.84. The van der Waals surface area contributed by atoms with E-state index in [-0.39, 0.29) is 24.7 Å². The van der Waals surface area contributed by atoms with E-state index in [1.807, 2.05) is 0 Å². The van der Waals surface area contributed by atoms with Gasteiger partial charge in [0.2, 0.25) is 0 Å². The molecular formula is C6H13NO2. The van der Waals surface area contributed by atoms with Crippen LogP contribution in [-0.4, -0.2) is 29.0 Å². The van der Waals surface area contributed by atoms with Crippen LogP contribution in [0.4, 0.5) is 0 Å². The van der Waals surface area contributed by atoms with E-state index in [0.717, 1.165) is 6.42 Å². The Morgan fingerprint density at radius 1 is 1.44 bits per heavy atom. The van der Waals surface area contributed by atoms with Gasteiger partial charge >= 0.3 is 0 Å². The SMILES string of the molecule is NC1C[C@@H](CO)[C@@H](O)C1. The fraction of sp³-hybridized carbons (Fsp3) is 1.00. The molecule has 9 heavy (non-hydrogen) atoms. The Kier molecular flexibility index (Phi) is 2.05. The molecule has 0 bridgehead atoms. The Labute approximate surface area is 54.5 Å². The second kappa shape index (κ2) is 2.64. The third-order valence-corrected chi connectivity index (χ3v) is 1.93. The molecule has 0 amide bonds. The highest BCUT2D eigenvalue weighted by Gasteiger charge is 2.29. The van der Waals surface area contributed by atoms with Crippen LogP contribution >= 0.6 is 0 Å². The van der Waals surface area contributed by atoms with E-state index >= 15 is 0 Å². The van der Waals surface area contributed by atoms with Gasteiger partial charge in [-0.05, 0) is 12.8 Å². The topological polar surface area (TPSA) is 66.5 Å². The predicted octanol–water partition coefficient (Wildman–Crippen LogP) is -0.923. The lowest BCUT2D eigenvalue weighted by atomic mass is 10.1. The molecule has 0 radical (unpaired) electrons. The van der Waals surface area contributed by atoms with Crippen LogP contribution in [0.5, 0.6) is 0 Å². The van der Waals surface area contributed by atoms with Crippen LogP contribution in [0.2, 0.25) is 0 Å². The quantitative estimate of drug-likeness (QED) is 0.431. The first-order valence-corrected chi connectivity index (χ1v) is 3.28. The molecule has 0 aromatic heterocycles. The monoisotopic (exact) mass is 131 g/mol. The summed E-state index contributed by atoms with van der Waals surface area (Å²) in [7, 11) is 0. The molecule has 1 fully saturated rings. The molecule has 0 aromatic rings. The Bertz CT molecular complexity index is 97.1. The van der Waals surface area contributed by atoms with Crippen molar-refractivity contribution in [3.63, 3.8) is 0 Å². The molecule has 54 valence electrons. The summed E-state index contributed by atoms with van der Waals surface area (Å²) in [5, 5.41) is 17.8. The summed E-state index contributed by atoms with van der Waals surface area (Å²) in [4.78, 5) is 0. The predicted molar refractivity (Wildman–Crippen MR) is 33.8 cm³/mol. The molecule has 3 atom stereocenters. The molecule has 0 heterocycles. The Morgan fingerprint density at radius 2 is 2.11 bits per heavy atom. The van der Waals surface area contributed by atoms with E-state index in [1.54, 1.807) is 0 Å². The first-order chi connectivity index (χ1) is 4.24. The number of rotatable bonds is 1. The maximum atomic E-state index is 9.12. The van der Waals surface area contributed by atoms with E-state index in [2.05, 4.69) is 0 Å². The summed E-state index contributed by atoms with van der Waals surface area (Å²) in [6, 6.07) is 0.0946. The summed E-state index contributed by atoms with van der Waals surface area (Å²) < 4.78 is 0. The van der Waals surface area contributed by atoms with Gasteiger partial charge in [-0.15, -0.1) is 0 Å². The third kappa shape index (κ3) is 1.41. The summed E-state index contributed by atoms with van der Waals surface area (Å²) in [6.07, 6.45) is 1.04. The zero-order valence-electron chi connectivity index (χ0n) is 5.33. The van der Waals surface area contributed by atoms with Crippen molar-refractivity contribution in [1.29, 1.82) is 0 Å². The minimum Gasteiger partial charge on any atom is -0.396 e. The summed E-state index contributed by atoms with van der Waals surface area (Å²) in [6.45, 7) is 0.0644. The minimum absolute atomic E-state index is 0.0278. The molecule has 1 saturated carbocycles. The lowest BCUT2D eigenvalue weighted by Crippen LogP contribution is -2.16. The van der Waals surface area contributed by atoms with E-state index in [0.29, 0.717) is 6.42 Å². The van der Waals surface area contributed by atoms with Gasteiger partial charge in [-0.1, -0.05) is 0 Å². The van der Waals surface area contributed by atoms with Crippen LogP contribution in [0.25, 0.3) is 0 Å². The van der Waals surface area contributed by atoms with Crippen molar-refractivity contribution >= 4 is 0 Å². The first-order valence-electron chi connectivity index (χ1n) is 3.28. The largest absolute Gasteiger partial charge is 0.396 e. The van der Waals surface area contributed by atoms with Crippen molar-refractivity contribution in [1.82, 2.24) is 0 Å². The molecular weight excluding hydrogens is 118 g/mol. The zero-order valence-corrected chi connectivity index (χ0v) is 5.33. The minimum atomic E-state index is -0.370. The molecule has 1 unspecified atom stereocenters. The van der Waals surface area contributed by atoms with Crippen LogP contribution in [0.3, 0.4) is 0 Å². The van der Waals surface area contributed by atoms with Gasteiger partial charge in [0.05, 0.1) is 6.10 Å². The van der Waals surface area contributed by atoms with Crippen LogP contribution in [-0.2, 0) is 0 Å². The number of aliphatic hydroxyl groups is 2. The van der Waals surface area contributed by atoms with E-state index in [4.69, 9.17) is 15.9 Å². The maximum absolute atomic E-state index is 9.12. The number of hydrogen-bond acceptors (Lipinski definition) is 3. The standard InChI is InChI=1S/C6H13NO2/c7-5-1-4(3-8)6(9)2-5/h4-6,8-9H,1-3,7H2/t4-,5?,6-/m0/s1. The molecule has 0 aliphatic heterocycles. The normalized spacial score (nSPS) is 43.7. The van der Waals surface area contributed by atoms with Crippen molar-refractivity contribution in [2.75, 3.05) is 6.61 Å². The smallest absolute Gasteiger partial charge is 0.0605 e. The maximum Gasteiger partial charge on any atom is 0.0605 e. The van der Waals surface area contributed by atoms with Gasteiger partial charge < -0.3 is 15.9 Å². The van der Waals surface area contributed by atoms with E-state index in [1.165, 1.54) is 0 Å². The Morgan fingerprint density at radius 3 is 2.33 bits per heavy atom. The average molecular weight is 131 g/mol. The third-order valence-electron chi connectivity index (χ3n) is 1.93. The zero-order chi connectivity index (χ0) is 6.85. The lowest BCUT2D eigenvalue weighted by molar-refractivity contribution is 0.0908. The molecule has 1 rings (SSSR count). The number of aliphatic hydroxyl groups excluding tert-OH is 2. The molecule has 3 heteroatoms. The summed E-state index contributed by atoms with van der Waals surface area (Å²) >= 11 is 0. The van der Waals surface area contributed by atoms with Crippen LogP contribution < -0.4 is 5.73 Å². The van der Waals surface area contributed by atoms with Gasteiger partial charge in [0.1, 0.15) is 0 Å². The van der Waals surface area contributed by atoms with Crippen LogP contribution in [0.15, 0.2) is 0 Å². The molecule has 4 N–H and O–H groups in total. The van der Waals surface area contributed by atoms with Gasteiger partial charge in [0.25, 0.3) is 0 Å².